The van der Waals surface area contributed by atoms with Crippen LogP contribution in [0.1, 0.15) is 21.6 Å². The molecule has 1 aromatic heterocycles. The van der Waals surface area contributed by atoms with Crippen molar-refractivity contribution < 1.29 is 9.13 Å². The molecule has 2 aromatic rings. The fourth-order valence-electron chi connectivity index (χ4n) is 1.76. The van der Waals surface area contributed by atoms with E-state index in [9.17, 15) is 4.39 Å². The Morgan fingerprint density at radius 2 is 2.11 bits per heavy atom. The lowest BCUT2D eigenvalue weighted by atomic mass is 10.1. The average Bonchev–Trinajstić information content (AvgIpc) is 2.42. The maximum atomic E-state index is 13.2. The van der Waals surface area contributed by atoms with Crippen molar-refractivity contribution in [3.8, 4) is 5.88 Å². The number of hydrogen-bond acceptors (Lipinski definition) is 3. The van der Waals surface area contributed by atoms with E-state index in [-0.39, 0.29) is 10.6 Å². The number of alkyl halides is 1. The van der Waals surface area contributed by atoms with E-state index >= 15 is 0 Å². The second kappa shape index (κ2) is 6.10. The minimum atomic E-state index is -0.188. The van der Waals surface area contributed by atoms with Gasteiger partial charge < -0.3 is 4.74 Å². The molecule has 1 heterocycles. The third-order valence-electron chi connectivity index (χ3n) is 2.84. The van der Waals surface area contributed by atoms with Crippen LogP contribution in [0.5, 0.6) is 5.88 Å². The summed E-state index contributed by atoms with van der Waals surface area (Å²) < 4.78 is 18.3. The lowest BCUT2D eigenvalue weighted by molar-refractivity contribution is 0.396. The fraction of sp³-hybridized carbons (Fsp3) is 0.286. The Hall–Kier alpha value is -1.49. The first-order valence-corrected chi connectivity index (χ1v) is 6.76. The molecular formula is C14H14BrFN2O. The SMILES string of the molecule is COc1cc(CC(Br)c2ccc(F)c(C)c2)ncn1. The highest BCUT2D eigenvalue weighted by Gasteiger charge is 2.11. The molecule has 100 valence electrons. The van der Waals surface area contributed by atoms with Crippen molar-refractivity contribution in [1.29, 1.82) is 0 Å². The minimum absolute atomic E-state index is 0.0754. The first kappa shape index (κ1) is 13.9. The Labute approximate surface area is 120 Å². The quantitative estimate of drug-likeness (QED) is 0.806. The maximum absolute atomic E-state index is 13.2. The summed E-state index contributed by atoms with van der Waals surface area (Å²) in [6.45, 7) is 1.76. The molecule has 1 aromatic carbocycles. The van der Waals surface area contributed by atoms with Gasteiger partial charge in [-0.15, -0.1) is 0 Å². The van der Waals surface area contributed by atoms with Gasteiger partial charge in [0.2, 0.25) is 5.88 Å². The van der Waals surface area contributed by atoms with E-state index in [2.05, 4.69) is 25.9 Å². The molecule has 0 fully saturated rings. The summed E-state index contributed by atoms with van der Waals surface area (Å²) in [5.74, 6) is 0.354. The number of rotatable bonds is 4. The molecule has 0 saturated heterocycles. The van der Waals surface area contributed by atoms with Crippen LogP contribution in [0.3, 0.4) is 0 Å². The van der Waals surface area contributed by atoms with Crippen molar-refractivity contribution in [2.45, 2.75) is 18.2 Å². The molecule has 0 bridgehead atoms. The number of ether oxygens (including phenoxy) is 1. The van der Waals surface area contributed by atoms with Gasteiger partial charge in [-0.3, -0.25) is 0 Å². The summed E-state index contributed by atoms with van der Waals surface area (Å²) in [5, 5.41) is 0. The van der Waals surface area contributed by atoms with Crippen LogP contribution in [-0.4, -0.2) is 17.1 Å². The summed E-state index contributed by atoms with van der Waals surface area (Å²) in [4.78, 5) is 8.24. The van der Waals surface area contributed by atoms with Crippen molar-refractivity contribution in [1.82, 2.24) is 9.97 Å². The number of aromatic nitrogens is 2. The Morgan fingerprint density at radius 3 is 2.79 bits per heavy atom. The van der Waals surface area contributed by atoms with Crippen LogP contribution in [0.2, 0.25) is 0 Å². The number of aryl methyl sites for hydroxylation is 1. The lowest BCUT2D eigenvalue weighted by Crippen LogP contribution is -2.00. The number of nitrogens with zero attached hydrogens (tertiary/aromatic N) is 2. The topological polar surface area (TPSA) is 35.0 Å². The molecule has 3 nitrogen and oxygen atoms in total. The van der Waals surface area contributed by atoms with Gasteiger partial charge in [0.1, 0.15) is 12.1 Å². The smallest absolute Gasteiger partial charge is 0.216 e. The van der Waals surface area contributed by atoms with E-state index in [4.69, 9.17) is 4.74 Å². The number of hydrogen-bond donors (Lipinski definition) is 0. The molecule has 5 heteroatoms. The first-order chi connectivity index (χ1) is 9.10. The van der Waals surface area contributed by atoms with Gasteiger partial charge in [-0.25, -0.2) is 14.4 Å². The summed E-state index contributed by atoms with van der Waals surface area (Å²) >= 11 is 3.60. The molecule has 1 unspecified atom stereocenters. The van der Waals surface area contributed by atoms with Gasteiger partial charge in [0.05, 0.1) is 7.11 Å². The minimum Gasteiger partial charge on any atom is -0.481 e. The predicted octanol–water partition coefficient (Wildman–Crippen LogP) is 3.61. The number of halogens is 2. The highest BCUT2D eigenvalue weighted by Crippen LogP contribution is 2.28. The molecule has 2 rings (SSSR count). The summed E-state index contributed by atoms with van der Waals surface area (Å²) in [6.07, 6.45) is 2.16. The zero-order chi connectivity index (χ0) is 13.8. The monoisotopic (exact) mass is 324 g/mol. The fourth-order valence-corrected chi connectivity index (χ4v) is 2.38. The van der Waals surface area contributed by atoms with Crippen molar-refractivity contribution in [2.24, 2.45) is 0 Å². The van der Waals surface area contributed by atoms with E-state index in [1.807, 2.05) is 6.07 Å². The van der Waals surface area contributed by atoms with E-state index in [0.29, 0.717) is 17.9 Å². The molecule has 0 saturated carbocycles. The second-order valence-corrected chi connectivity index (χ2v) is 5.34. The van der Waals surface area contributed by atoms with E-state index < -0.39 is 0 Å². The third kappa shape index (κ3) is 3.50. The summed E-state index contributed by atoms with van der Waals surface area (Å²) in [5.41, 5.74) is 2.54. The Bertz CT molecular complexity index is 577. The van der Waals surface area contributed by atoms with Gasteiger partial charge in [-0.1, -0.05) is 28.1 Å². The van der Waals surface area contributed by atoms with Crippen LogP contribution in [-0.2, 0) is 6.42 Å². The van der Waals surface area contributed by atoms with Crippen molar-refractivity contribution in [3.05, 3.63) is 53.2 Å². The van der Waals surface area contributed by atoms with Crippen LogP contribution in [0.4, 0.5) is 4.39 Å². The summed E-state index contributed by atoms with van der Waals surface area (Å²) in [7, 11) is 1.57. The molecule has 0 aliphatic rings. The highest BCUT2D eigenvalue weighted by molar-refractivity contribution is 9.09. The molecule has 0 amide bonds. The molecule has 0 radical (unpaired) electrons. The van der Waals surface area contributed by atoms with Crippen molar-refractivity contribution >= 4 is 15.9 Å². The third-order valence-corrected chi connectivity index (χ3v) is 3.69. The van der Waals surface area contributed by atoms with E-state index in [1.165, 1.54) is 12.4 Å². The van der Waals surface area contributed by atoms with Crippen LogP contribution in [0.15, 0.2) is 30.6 Å². The molecule has 19 heavy (non-hydrogen) atoms. The first-order valence-electron chi connectivity index (χ1n) is 5.85. The Balaban J connectivity index is 2.15. The standard InChI is InChI=1S/C14H14BrFN2O/c1-9-5-10(3-4-13(9)16)12(15)6-11-7-14(19-2)18-8-17-11/h3-5,7-8,12H,6H2,1-2H3. The van der Waals surface area contributed by atoms with E-state index in [0.717, 1.165) is 11.3 Å². The van der Waals surface area contributed by atoms with Gasteiger partial charge in [-0.05, 0) is 24.1 Å². The lowest BCUT2D eigenvalue weighted by Gasteiger charge is -2.11. The molecule has 1 atom stereocenters. The van der Waals surface area contributed by atoms with Gasteiger partial charge in [0.15, 0.2) is 0 Å². The average molecular weight is 325 g/mol. The van der Waals surface area contributed by atoms with Gasteiger partial charge in [0, 0.05) is 23.0 Å². The molecule has 0 spiro atoms. The summed E-state index contributed by atoms with van der Waals surface area (Å²) in [6, 6.07) is 6.90. The molecule has 0 N–H and O–H groups in total. The zero-order valence-corrected chi connectivity index (χ0v) is 12.3. The van der Waals surface area contributed by atoms with Crippen LogP contribution >= 0.6 is 15.9 Å². The Kier molecular flexibility index (Phi) is 4.47. The van der Waals surface area contributed by atoms with Gasteiger partial charge >= 0.3 is 0 Å². The predicted molar refractivity (Wildman–Crippen MR) is 75.1 cm³/mol. The molecular weight excluding hydrogens is 311 g/mol. The highest BCUT2D eigenvalue weighted by atomic mass is 79.9. The zero-order valence-electron chi connectivity index (χ0n) is 10.7. The normalized spacial score (nSPS) is 12.2. The maximum Gasteiger partial charge on any atom is 0.216 e. The number of benzene rings is 1. The molecule has 0 aliphatic heterocycles. The van der Waals surface area contributed by atoms with Gasteiger partial charge in [0.25, 0.3) is 0 Å². The largest absolute Gasteiger partial charge is 0.481 e. The number of methoxy groups -OCH3 is 1. The van der Waals surface area contributed by atoms with Crippen molar-refractivity contribution in [2.75, 3.05) is 7.11 Å². The second-order valence-electron chi connectivity index (χ2n) is 4.23. The van der Waals surface area contributed by atoms with Gasteiger partial charge in [-0.2, -0.15) is 0 Å². The van der Waals surface area contributed by atoms with Crippen LogP contribution in [0, 0.1) is 12.7 Å². The van der Waals surface area contributed by atoms with E-state index in [1.54, 1.807) is 26.2 Å². The molecule has 0 aliphatic carbocycles. The van der Waals surface area contributed by atoms with Crippen LogP contribution in [0.25, 0.3) is 0 Å². The van der Waals surface area contributed by atoms with Crippen LogP contribution < -0.4 is 4.74 Å². The van der Waals surface area contributed by atoms with Crippen molar-refractivity contribution in [3.63, 3.8) is 0 Å². The Morgan fingerprint density at radius 1 is 1.32 bits per heavy atom.